The maximum absolute atomic E-state index is 12.6. The molecule has 0 radical (unpaired) electrons. The lowest BCUT2D eigenvalue weighted by Gasteiger charge is -2.22. The summed E-state index contributed by atoms with van der Waals surface area (Å²) in [6, 6.07) is 15.3. The Hall–Kier alpha value is -3.39. The van der Waals surface area contributed by atoms with Crippen molar-refractivity contribution in [3.63, 3.8) is 0 Å². The van der Waals surface area contributed by atoms with Gasteiger partial charge in [-0.3, -0.25) is 9.59 Å². The van der Waals surface area contributed by atoms with E-state index >= 15 is 0 Å². The lowest BCUT2D eigenvalue weighted by atomic mass is 9.98. The first-order chi connectivity index (χ1) is 15.8. The molecule has 0 bridgehead atoms. The second-order valence-electron chi connectivity index (χ2n) is 8.60. The molecule has 2 aromatic rings. The number of hydrogen-bond donors (Lipinski definition) is 3. The highest BCUT2D eigenvalue weighted by Crippen LogP contribution is 2.44. The van der Waals surface area contributed by atoms with Gasteiger partial charge < -0.3 is 25.4 Å². The highest BCUT2D eigenvalue weighted by molar-refractivity contribution is 5.86. The van der Waals surface area contributed by atoms with E-state index in [-0.39, 0.29) is 31.5 Å². The van der Waals surface area contributed by atoms with E-state index in [1.165, 1.54) is 0 Å². The van der Waals surface area contributed by atoms with E-state index in [0.717, 1.165) is 22.3 Å². The first-order valence-electron chi connectivity index (χ1n) is 11.0. The molecule has 33 heavy (non-hydrogen) atoms. The van der Waals surface area contributed by atoms with E-state index in [9.17, 15) is 14.4 Å². The smallest absolute Gasteiger partial charge is 0.407 e. The number of carboxylic acids is 1. The van der Waals surface area contributed by atoms with Crippen molar-refractivity contribution in [2.75, 3.05) is 33.8 Å². The molecule has 3 rings (SSSR count). The average molecular weight is 454 g/mol. The Morgan fingerprint density at radius 1 is 1.03 bits per heavy atom. The van der Waals surface area contributed by atoms with Crippen molar-refractivity contribution in [2.45, 2.75) is 25.3 Å². The van der Waals surface area contributed by atoms with E-state index in [0.29, 0.717) is 6.42 Å². The minimum atomic E-state index is -0.911. The number of carboxylic acid groups (broad SMARTS) is 1. The Morgan fingerprint density at radius 3 is 2.15 bits per heavy atom. The van der Waals surface area contributed by atoms with Crippen LogP contribution in [0.1, 0.15) is 30.4 Å². The minimum absolute atomic E-state index is 0.0678. The molecule has 8 nitrogen and oxygen atoms in total. The Balaban J connectivity index is 1.59. The molecule has 2 amide bonds. The first-order valence-corrected chi connectivity index (χ1v) is 11.0. The van der Waals surface area contributed by atoms with Gasteiger partial charge >= 0.3 is 12.1 Å². The van der Waals surface area contributed by atoms with Crippen LogP contribution in [0, 0.1) is 5.92 Å². The molecule has 8 heteroatoms. The highest BCUT2D eigenvalue weighted by atomic mass is 16.5. The van der Waals surface area contributed by atoms with Crippen molar-refractivity contribution in [3.05, 3.63) is 59.7 Å². The summed E-state index contributed by atoms with van der Waals surface area (Å²) < 4.78 is 5.55. The lowest BCUT2D eigenvalue weighted by Crippen LogP contribution is -2.52. The molecular weight excluding hydrogens is 422 g/mol. The molecule has 1 aliphatic rings. The lowest BCUT2D eigenvalue weighted by molar-refractivity contribution is -0.141. The summed E-state index contributed by atoms with van der Waals surface area (Å²) >= 11 is 0. The van der Waals surface area contributed by atoms with Gasteiger partial charge in [0.25, 0.3) is 0 Å². The summed E-state index contributed by atoms with van der Waals surface area (Å²) in [7, 11) is 3.60. The second kappa shape index (κ2) is 11.0. The number of benzene rings is 2. The number of ether oxygens (including phenoxy) is 1. The van der Waals surface area contributed by atoms with Crippen LogP contribution in [0.4, 0.5) is 4.79 Å². The van der Waals surface area contributed by atoms with Gasteiger partial charge in [-0.1, -0.05) is 55.5 Å². The molecule has 0 saturated heterocycles. The predicted octanol–water partition coefficient (Wildman–Crippen LogP) is 2.68. The van der Waals surface area contributed by atoms with Crippen molar-refractivity contribution >= 4 is 18.0 Å². The SMILES string of the molecule is CC(CCNC(=O)[C@H](CN(C)C)NC(=O)OCC1c2ccccc2-c2ccccc21)C(=O)O. The van der Waals surface area contributed by atoms with E-state index in [2.05, 4.69) is 22.8 Å². The molecule has 0 aromatic heterocycles. The van der Waals surface area contributed by atoms with Crippen LogP contribution in [-0.2, 0) is 14.3 Å². The number of carbonyl (C=O) groups is 3. The summed E-state index contributed by atoms with van der Waals surface area (Å²) in [6.45, 7) is 2.24. The molecular formula is C25H31N3O5. The number of rotatable bonds is 10. The van der Waals surface area contributed by atoms with Crippen LogP contribution in [0.2, 0.25) is 0 Å². The summed E-state index contributed by atoms with van der Waals surface area (Å²) in [4.78, 5) is 37.9. The van der Waals surface area contributed by atoms with Crippen molar-refractivity contribution < 1.29 is 24.2 Å². The van der Waals surface area contributed by atoms with E-state index < -0.39 is 24.0 Å². The fraction of sp³-hybridized carbons (Fsp3) is 0.400. The largest absolute Gasteiger partial charge is 0.481 e. The number of nitrogens with zero attached hydrogens (tertiary/aromatic N) is 1. The quantitative estimate of drug-likeness (QED) is 0.511. The molecule has 0 fully saturated rings. The number of nitrogens with one attached hydrogen (secondary N) is 2. The molecule has 1 aliphatic carbocycles. The Morgan fingerprint density at radius 2 is 1.61 bits per heavy atom. The molecule has 2 aromatic carbocycles. The molecule has 0 aliphatic heterocycles. The van der Waals surface area contributed by atoms with Gasteiger partial charge in [0, 0.05) is 19.0 Å². The molecule has 0 heterocycles. The van der Waals surface area contributed by atoms with Crippen molar-refractivity contribution in [1.82, 2.24) is 15.5 Å². The number of alkyl carbamates (subject to hydrolysis) is 1. The van der Waals surface area contributed by atoms with Crippen molar-refractivity contribution in [2.24, 2.45) is 5.92 Å². The average Bonchev–Trinajstić information content (AvgIpc) is 3.10. The summed E-state index contributed by atoms with van der Waals surface area (Å²) in [5.74, 6) is -1.92. The van der Waals surface area contributed by atoms with Gasteiger partial charge in [0.05, 0.1) is 5.92 Å². The Labute approximate surface area is 193 Å². The van der Waals surface area contributed by atoms with Crippen LogP contribution in [0.3, 0.4) is 0 Å². The zero-order valence-corrected chi connectivity index (χ0v) is 19.2. The van der Waals surface area contributed by atoms with E-state index in [4.69, 9.17) is 9.84 Å². The normalized spacial score (nSPS) is 14.2. The molecule has 0 spiro atoms. The molecule has 0 saturated carbocycles. The van der Waals surface area contributed by atoms with Gasteiger partial charge in [0.2, 0.25) is 5.91 Å². The van der Waals surface area contributed by atoms with E-state index in [1.807, 2.05) is 36.4 Å². The maximum Gasteiger partial charge on any atom is 0.407 e. The molecule has 1 unspecified atom stereocenters. The van der Waals surface area contributed by atoms with Gasteiger partial charge in [-0.15, -0.1) is 0 Å². The zero-order chi connectivity index (χ0) is 24.0. The molecule has 176 valence electrons. The topological polar surface area (TPSA) is 108 Å². The zero-order valence-electron chi connectivity index (χ0n) is 19.2. The van der Waals surface area contributed by atoms with Crippen LogP contribution >= 0.6 is 0 Å². The molecule has 3 N–H and O–H groups in total. The predicted molar refractivity (Wildman–Crippen MR) is 125 cm³/mol. The van der Waals surface area contributed by atoms with Gasteiger partial charge in [-0.2, -0.15) is 0 Å². The van der Waals surface area contributed by atoms with Crippen LogP contribution in [0.5, 0.6) is 0 Å². The number of likely N-dealkylation sites (N-methyl/N-ethyl adjacent to an activating group) is 1. The minimum Gasteiger partial charge on any atom is -0.481 e. The van der Waals surface area contributed by atoms with Crippen LogP contribution < -0.4 is 10.6 Å². The fourth-order valence-corrected chi connectivity index (χ4v) is 4.00. The second-order valence-corrected chi connectivity index (χ2v) is 8.60. The number of carbonyl (C=O) groups excluding carboxylic acids is 2. The van der Waals surface area contributed by atoms with Crippen LogP contribution in [-0.4, -0.2) is 67.8 Å². The number of fused-ring (bicyclic) bond motifs is 3. The van der Waals surface area contributed by atoms with Crippen molar-refractivity contribution in [3.8, 4) is 11.1 Å². The monoisotopic (exact) mass is 453 g/mol. The van der Waals surface area contributed by atoms with Crippen molar-refractivity contribution in [1.29, 1.82) is 0 Å². The van der Waals surface area contributed by atoms with Gasteiger partial charge in [0.1, 0.15) is 12.6 Å². The number of amides is 2. The van der Waals surface area contributed by atoms with Crippen LogP contribution in [0.15, 0.2) is 48.5 Å². The summed E-state index contributed by atoms with van der Waals surface area (Å²) in [6.07, 6.45) is -0.362. The van der Waals surface area contributed by atoms with Gasteiger partial charge in [-0.25, -0.2) is 4.79 Å². The summed E-state index contributed by atoms with van der Waals surface area (Å²) in [5, 5.41) is 14.3. The molecule has 2 atom stereocenters. The third-order valence-electron chi connectivity index (χ3n) is 5.80. The Kier molecular flexibility index (Phi) is 8.06. The summed E-state index contributed by atoms with van der Waals surface area (Å²) in [5.41, 5.74) is 4.51. The Bertz CT molecular complexity index is 962. The fourth-order valence-electron chi connectivity index (χ4n) is 4.00. The highest BCUT2D eigenvalue weighted by Gasteiger charge is 2.30. The maximum atomic E-state index is 12.6. The first kappa shape index (κ1) is 24.3. The third-order valence-corrected chi connectivity index (χ3v) is 5.80. The number of hydrogen-bond acceptors (Lipinski definition) is 5. The standard InChI is InChI=1S/C25H31N3O5/c1-16(24(30)31)12-13-26-23(29)22(14-28(2)3)27-25(32)33-15-21-19-10-6-4-8-17(19)18-9-5-7-11-20(18)21/h4-11,16,21-22H,12-15H2,1-3H3,(H,26,29)(H,27,32)(H,30,31)/t16?,22-/m0/s1. The van der Waals surface area contributed by atoms with Crippen LogP contribution in [0.25, 0.3) is 11.1 Å². The number of aliphatic carboxylic acids is 1. The van der Waals surface area contributed by atoms with E-state index in [1.54, 1.807) is 25.9 Å². The van der Waals surface area contributed by atoms with Gasteiger partial charge in [-0.05, 0) is 42.8 Å². The third kappa shape index (κ3) is 6.10. The van der Waals surface area contributed by atoms with Gasteiger partial charge in [0.15, 0.2) is 0 Å².